The predicted molar refractivity (Wildman–Crippen MR) is 34.1 cm³/mol. The number of carbonyl (C=O) groups is 1. The Balaban J connectivity index is 2.56. The Morgan fingerprint density at radius 1 is 1.50 bits per heavy atom. The van der Waals surface area contributed by atoms with Crippen LogP contribution in [0, 0.1) is 0 Å². The molecule has 58 valence electrons. The highest BCUT2D eigenvalue weighted by Crippen LogP contribution is 2.16. The molecule has 1 saturated heterocycles. The largest absolute Gasteiger partial charge is 0.365 e. The quantitative estimate of drug-likeness (QED) is 0.547. The average molecular weight is 145 g/mol. The summed E-state index contributed by atoms with van der Waals surface area (Å²) in [6, 6.07) is 0. The highest BCUT2D eigenvalue weighted by molar-refractivity contribution is 5.81. The Morgan fingerprint density at radius 2 is 2.00 bits per heavy atom. The maximum Gasteiger partial charge on any atom is 0.277 e. The molecule has 0 saturated carbocycles. The molecule has 0 aliphatic carbocycles. The summed E-state index contributed by atoms with van der Waals surface area (Å²) in [6.45, 7) is 2.62. The van der Waals surface area contributed by atoms with Gasteiger partial charge < -0.3 is 15.2 Å². The third kappa shape index (κ3) is 1.27. The SMILES string of the molecule is CC1(C(N)=O)OCCCO1. The monoisotopic (exact) mass is 145 g/mol. The summed E-state index contributed by atoms with van der Waals surface area (Å²) >= 11 is 0. The van der Waals surface area contributed by atoms with E-state index in [-0.39, 0.29) is 0 Å². The molecule has 4 heteroatoms. The Bertz CT molecular complexity index is 140. The molecule has 0 aromatic heterocycles. The van der Waals surface area contributed by atoms with Gasteiger partial charge in [0.1, 0.15) is 0 Å². The molecule has 0 aromatic rings. The minimum Gasteiger partial charge on any atom is -0.365 e. The van der Waals surface area contributed by atoms with Gasteiger partial charge in [-0.15, -0.1) is 0 Å². The minimum atomic E-state index is -1.18. The van der Waals surface area contributed by atoms with Crippen LogP contribution < -0.4 is 5.73 Å². The fraction of sp³-hybridized carbons (Fsp3) is 0.833. The molecule has 1 aliphatic heterocycles. The minimum absolute atomic E-state index is 0.541. The first-order valence-electron chi connectivity index (χ1n) is 3.23. The van der Waals surface area contributed by atoms with Crippen molar-refractivity contribution >= 4 is 5.91 Å². The van der Waals surface area contributed by atoms with E-state index in [1.165, 1.54) is 6.92 Å². The van der Waals surface area contributed by atoms with E-state index in [4.69, 9.17) is 15.2 Å². The zero-order valence-electron chi connectivity index (χ0n) is 5.92. The number of nitrogens with two attached hydrogens (primary N) is 1. The summed E-state index contributed by atoms with van der Waals surface area (Å²) in [6.07, 6.45) is 0.822. The topological polar surface area (TPSA) is 61.6 Å². The van der Waals surface area contributed by atoms with Gasteiger partial charge in [-0.3, -0.25) is 4.79 Å². The summed E-state index contributed by atoms with van der Waals surface area (Å²) in [4.78, 5) is 10.6. The Morgan fingerprint density at radius 3 is 2.30 bits per heavy atom. The molecule has 1 aliphatic rings. The summed E-state index contributed by atoms with van der Waals surface area (Å²) in [5.74, 6) is -1.75. The first kappa shape index (κ1) is 7.50. The highest BCUT2D eigenvalue weighted by Gasteiger charge is 2.35. The van der Waals surface area contributed by atoms with Crippen molar-refractivity contribution in [2.24, 2.45) is 5.73 Å². The molecule has 0 atom stereocenters. The van der Waals surface area contributed by atoms with Gasteiger partial charge in [-0.2, -0.15) is 0 Å². The average Bonchev–Trinajstić information content (AvgIpc) is 1.89. The van der Waals surface area contributed by atoms with E-state index >= 15 is 0 Å². The maximum atomic E-state index is 10.6. The summed E-state index contributed by atoms with van der Waals surface area (Å²) in [5, 5.41) is 0. The van der Waals surface area contributed by atoms with E-state index in [9.17, 15) is 4.79 Å². The molecule has 1 fully saturated rings. The van der Waals surface area contributed by atoms with Gasteiger partial charge in [-0.1, -0.05) is 0 Å². The second-order valence-corrected chi connectivity index (χ2v) is 2.36. The molecule has 0 spiro atoms. The van der Waals surface area contributed by atoms with Crippen molar-refractivity contribution in [1.29, 1.82) is 0 Å². The van der Waals surface area contributed by atoms with Crippen molar-refractivity contribution < 1.29 is 14.3 Å². The van der Waals surface area contributed by atoms with Crippen molar-refractivity contribution in [3.8, 4) is 0 Å². The van der Waals surface area contributed by atoms with Gasteiger partial charge in [0.2, 0.25) is 5.79 Å². The van der Waals surface area contributed by atoms with Crippen LogP contribution in [0.2, 0.25) is 0 Å². The molecule has 0 bridgehead atoms. The van der Waals surface area contributed by atoms with E-state index in [0.717, 1.165) is 6.42 Å². The molecule has 0 unspecified atom stereocenters. The fourth-order valence-electron chi connectivity index (χ4n) is 0.777. The van der Waals surface area contributed by atoms with Crippen molar-refractivity contribution in [2.75, 3.05) is 13.2 Å². The Kier molecular flexibility index (Phi) is 1.92. The Labute approximate surface area is 59.3 Å². The van der Waals surface area contributed by atoms with Gasteiger partial charge in [0, 0.05) is 0 Å². The van der Waals surface area contributed by atoms with E-state index < -0.39 is 11.7 Å². The second kappa shape index (κ2) is 2.56. The van der Waals surface area contributed by atoms with Crippen molar-refractivity contribution in [3.05, 3.63) is 0 Å². The highest BCUT2D eigenvalue weighted by atomic mass is 16.7. The van der Waals surface area contributed by atoms with Crippen LogP contribution in [0.1, 0.15) is 13.3 Å². The van der Waals surface area contributed by atoms with Gasteiger partial charge in [-0.05, 0) is 13.3 Å². The number of rotatable bonds is 1. The van der Waals surface area contributed by atoms with Crippen molar-refractivity contribution in [3.63, 3.8) is 0 Å². The van der Waals surface area contributed by atoms with Crippen LogP contribution in [0.3, 0.4) is 0 Å². The summed E-state index contributed by atoms with van der Waals surface area (Å²) in [5.41, 5.74) is 5.01. The molecular weight excluding hydrogens is 134 g/mol. The maximum absolute atomic E-state index is 10.6. The van der Waals surface area contributed by atoms with Gasteiger partial charge in [0.15, 0.2) is 0 Å². The van der Waals surface area contributed by atoms with Gasteiger partial charge in [-0.25, -0.2) is 0 Å². The van der Waals surface area contributed by atoms with Crippen LogP contribution in [-0.2, 0) is 14.3 Å². The Hall–Kier alpha value is -0.610. The van der Waals surface area contributed by atoms with E-state index in [1.54, 1.807) is 0 Å². The third-order valence-electron chi connectivity index (χ3n) is 1.49. The summed E-state index contributed by atoms with van der Waals surface area (Å²) < 4.78 is 10.1. The molecular formula is C6H11NO3. The van der Waals surface area contributed by atoms with Crippen LogP contribution in [-0.4, -0.2) is 24.9 Å². The third-order valence-corrected chi connectivity index (χ3v) is 1.49. The smallest absolute Gasteiger partial charge is 0.277 e. The second-order valence-electron chi connectivity index (χ2n) is 2.36. The predicted octanol–water partition coefficient (Wildman–Crippen LogP) is -0.375. The van der Waals surface area contributed by atoms with Gasteiger partial charge >= 0.3 is 0 Å². The number of carbonyl (C=O) groups excluding carboxylic acids is 1. The molecule has 0 radical (unpaired) electrons. The van der Waals surface area contributed by atoms with Gasteiger partial charge in [0.25, 0.3) is 5.91 Å². The van der Waals surface area contributed by atoms with Crippen LogP contribution in [0.4, 0.5) is 0 Å². The lowest BCUT2D eigenvalue weighted by molar-refractivity contribution is -0.243. The number of primary amides is 1. The number of hydrogen-bond donors (Lipinski definition) is 1. The zero-order chi connectivity index (χ0) is 7.61. The molecule has 10 heavy (non-hydrogen) atoms. The lowest BCUT2D eigenvalue weighted by Gasteiger charge is -2.30. The van der Waals surface area contributed by atoms with Crippen LogP contribution in [0.5, 0.6) is 0 Å². The number of hydrogen-bond acceptors (Lipinski definition) is 3. The van der Waals surface area contributed by atoms with E-state index in [2.05, 4.69) is 0 Å². The molecule has 1 heterocycles. The first-order chi connectivity index (χ1) is 4.65. The van der Waals surface area contributed by atoms with Gasteiger partial charge in [0.05, 0.1) is 13.2 Å². The lowest BCUT2D eigenvalue weighted by atomic mass is 10.3. The molecule has 4 nitrogen and oxygen atoms in total. The normalized spacial score (nSPS) is 24.1. The molecule has 1 amide bonds. The van der Waals surface area contributed by atoms with Crippen molar-refractivity contribution in [2.45, 2.75) is 19.1 Å². The standard InChI is InChI=1S/C6H11NO3/c1-6(5(7)8)9-3-2-4-10-6/h2-4H2,1H3,(H2,7,8). The summed E-state index contributed by atoms with van der Waals surface area (Å²) in [7, 11) is 0. The van der Waals surface area contributed by atoms with E-state index in [0.29, 0.717) is 13.2 Å². The number of ether oxygens (including phenoxy) is 2. The molecule has 2 N–H and O–H groups in total. The fourth-order valence-corrected chi connectivity index (χ4v) is 0.777. The van der Waals surface area contributed by atoms with Crippen molar-refractivity contribution in [1.82, 2.24) is 0 Å². The lowest BCUT2D eigenvalue weighted by Crippen LogP contribution is -2.48. The van der Waals surface area contributed by atoms with Crippen LogP contribution >= 0.6 is 0 Å². The molecule has 1 rings (SSSR count). The number of amides is 1. The van der Waals surface area contributed by atoms with Crippen LogP contribution in [0.25, 0.3) is 0 Å². The van der Waals surface area contributed by atoms with Crippen LogP contribution in [0.15, 0.2) is 0 Å². The van der Waals surface area contributed by atoms with E-state index in [1.807, 2.05) is 0 Å². The zero-order valence-corrected chi connectivity index (χ0v) is 5.92. The first-order valence-corrected chi connectivity index (χ1v) is 3.23. The molecule has 0 aromatic carbocycles.